The molecule has 0 aromatic carbocycles. The molecule has 3 heteroatoms. The maximum atomic E-state index is 13.1. The van der Waals surface area contributed by atoms with Gasteiger partial charge in [-0.3, -0.25) is 0 Å². The Morgan fingerprint density at radius 1 is 1.50 bits per heavy atom. The molecule has 0 N–H and O–H groups in total. The van der Waals surface area contributed by atoms with Gasteiger partial charge in [-0.25, -0.2) is 9.18 Å². The van der Waals surface area contributed by atoms with Crippen LogP contribution in [-0.2, 0) is 9.53 Å². The van der Waals surface area contributed by atoms with Gasteiger partial charge in [-0.15, -0.1) is 0 Å². The Labute approximate surface area is 72.4 Å². The molecule has 0 fully saturated rings. The van der Waals surface area contributed by atoms with Crippen LogP contribution in [0.4, 0.5) is 4.39 Å². The van der Waals surface area contributed by atoms with Gasteiger partial charge < -0.3 is 4.74 Å². The lowest BCUT2D eigenvalue weighted by Crippen LogP contribution is -2.30. The number of carbonyl (C=O) groups is 1. The number of carbonyl (C=O) groups excluding carboxylic acids is 1. The zero-order chi connectivity index (χ0) is 9.78. The molecule has 0 aliphatic heterocycles. The van der Waals surface area contributed by atoms with Gasteiger partial charge in [-0.05, 0) is 6.92 Å². The molecule has 0 aromatic heterocycles. The third kappa shape index (κ3) is 3.51. The summed E-state index contributed by atoms with van der Waals surface area (Å²) in [6, 6.07) is 0. The molecule has 0 aliphatic rings. The number of hydrogen-bond donors (Lipinski definition) is 0. The molecule has 70 valence electrons. The van der Waals surface area contributed by atoms with Crippen LogP contribution >= 0.6 is 0 Å². The van der Waals surface area contributed by atoms with E-state index < -0.39 is 17.6 Å². The van der Waals surface area contributed by atoms with Gasteiger partial charge in [0.1, 0.15) is 0 Å². The van der Waals surface area contributed by atoms with Gasteiger partial charge in [-0.1, -0.05) is 26.8 Å². The molecule has 1 atom stereocenters. The summed E-state index contributed by atoms with van der Waals surface area (Å²) in [5.41, 5.74) is -0.696. The van der Waals surface area contributed by atoms with Gasteiger partial charge in [0, 0.05) is 5.41 Å². The molecule has 0 aliphatic carbocycles. The van der Waals surface area contributed by atoms with Crippen LogP contribution in [0.1, 0.15) is 27.7 Å². The highest BCUT2D eigenvalue weighted by Gasteiger charge is 2.32. The van der Waals surface area contributed by atoms with Crippen molar-refractivity contribution < 1.29 is 13.9 Å². The van der Waals surface area contributed by atoms with Gasteiger partial charge >= 0.3 is 5.97 Å². The standard InChI is InChI=1S/C9H15FO2/c1-5-6-12-8(11)7(10)9(2,3)4/h5-7H,1-4H3. The van der Waals surface area contributed by atoms with E-state index in [1.54, 1.807) is 27.7 Å². The van der Waals surface area contributed by atoms with Crippen molar-refractivity contribution in [3.05, 3.63) is 12.3 Å². The summed E-state index contributed by atoms with van der Waals surface area (Å²) in [5.74, 6) is -0.833. The molecular weight excluding hydrogens is 159 g/mol. The Kier molecular flexibility index (Phi) is 3.93. The Morgan fingerprint density at radius 3 is 2.33 bits per heavy atom. The lowest BCUT2D eigenvalue weighted by Gasteiger charge is -2.20. The van der Waals surface area contributed by atoms with E-state index in [1.807, 2.05) is 0 Å². The quantitative estimate of drug-likeness (QED) is 0.474. The smallest absolute Gasteiger partial charge is 0.346 e. The highest BCUT2D eigenvalue weighted by Crippen LogP contribution is 2.23. The molecule has 0 saturated heterocycles. The first-order chi connectivity index (χ1) is 5.39. The zero-order valence-electron chi connectivity index (χ0n) is 7.93. The lowest BCUT2D eigenvalue weighted by atomic mass is 9.90. The summed E-state index contributed by atoms with van der Waals surface area (Å²) < 4.78 is 17.6. The van der Waals surface area contributed by atoms with E-state index in [0.29, 0.717) is 0 Å². The molecule has 0 amide bonds. The van der Waals surface area contributed by atoms with Crippen LogP contribution in [0.25, 0.3) is 0 Å². The van der Waals surface area contributed by atoms with E-state index in [2.05, 4.69) is 4.74 Å². The molecule has 12 heavy (non-hydrogen) atoms. The number of esters is 1. The highest BCUT2D eigenvalue weighted by atomic mass is 19.1. The average Bonchev–Trinajstić information content (AvgIpc) is 1.97. The van der Waals surface area contributed by atoms with Crippen LogP contribution in [0.3, 0.4) is 0 Å². The maximum absolute atomic E-state index is 13.1. The van der Waals surface area contributed by atoms with Crippen molar-refractivity contribution in [2.45, 2.75) is 33.9 Å². The Balaban J connectivity index is 4.11. The van der Waals surface area contributed by atoms with Crippen LogP contribution in [-0.4, -0.2) is 12.1 Å². The molecule has 0 rings (SSSR count). The van der Waals surface area contributed by atoms with E-state index >= 15 is 0 Å². The molecule has 0 heterocycles. The third-order valence-corrected chi connectivity index (χ3v) is 1.29. The van der Waals surface area contributed by atoms with Crippen molar-refractivity contribution in [3.8, 4) is 0 Å². The van der Waals surface area contributed by atoms with E-state index in [-0.39, 0.29) is 0 Å². The van der Waals surface area contributed by atoms with Crippen molar-refractivity contribution in [3.63, 3.8) is 0 Å². The summed E-state index contributed by atoms with van der Waals surface area (Å²) in [7, 11) is 0. The van der Waals surface area contributed by atoms with Crippen molar-refractivity contribution in [2.24, 2.45) is 5.41 Å². The summed E-state index contributed by atoms with van der Waals surface area (Å²) >= 11 is 0. The summed E-state index contributed by atoms with van der Waals surface area (Å²) in [6.45, 7) is 6.63. The van der Waals surface area contributed by atoms with Gasteiger partial charge in [0.25, 0.3) is 0 Å². The summed E-state index contributed by atoms with van der Waals surface area (Å²) in [6.07, 6.45) is 1.14. The van der Waals surface area contributed by atoms with Gasteiger partial charge in [0.2, 0.25) is 6.17 Å². The fourth-order valence-corrected chi connectivity index (χ4v) is 0.548. The first kappa shape index (κ1) is 11.1. The van der Waals surface area contributed by atoms with Gasteiger partial charge in [0.05, 0.1) is 6.26 Å². The number of halogens is 1. The largest absolute Gasteiger partial charge is 0.433 e. The van der Waals surface area contributed by atoms with Crippen LogP contribution < -0.4 is 0 Å². The first-order valence-corrected chi connectivity index (χ1v) is 3.85. The van der Waals surface area contributed by atoms with E-state index in [1.165, 1.54) is 12.3 Å². The monoisotopic (exact) mass is 174 g/mol. The second-order valence-electron chi connectivity index (χ2n) is 3.63. The Hall–Kier alpha value is -0.860. The second kappa shape index (κ2) is 4.24. The number of ether oxygens (including phenoxy) is 1. The minimum Gasteiger partial charge on any atom is -0.433 e. The maximum Gasteiger partial charge on any atom is 0.346 e. The van der Waals surface area contributed by atoms with Crippen LogP contribution in [0.15, 0.2) is 12.3 Å². The first-order valence-electron chi connectivity index (χ1n) is 3.85. The average molecular weight is 174 g/mol. The van der Waals surface area contributed by atoms with Crippen molar-refractivity contribution in [1.29, 1.82) is 0 Å². The fraction of sp³-hybridized carbons (Fsp3) is 0.667. The van der Waals surface area contributed by atoms with Crippen molar-refractivity contribution in [1.82, 2.24) is 0 Å². The second-order valence-corrected chi connectivity index (χ2v) is 3.63. The highest BCUT2D eigenvalue weighted by molar-refractivity contribution is 5.75. The minimum atomic E-state index is -1.58. The van der Waals surface area contributed by atoms with E-state index in [9.17, 15) is 9.18 Å². The predicted molar refractivity (Wildman–Crippen MR) is 45.3 cm³/mol. The zero-order valence-corrected chi connectivity index (χ0v) is 7.93. The Bertz CT molecular complexity index is 179. The normalized spacial score (nSPS) is 14.8. The Morgan fingerprint density at radius 2 is 2.00 bits per heavy atom. The molecule has 0 spiro atoms. The van der Waals surface area contributed by atoms with E-state index in [0.717, 1.165) is 0 Å². The molecule has 2 nitrogen and oxygen atoms in total. The fourth-order valence-electron chi connectivity index (χ4n) is 0.548. The van der Waals surface area contributed by atoms with Crippen molar-refractivity contribution >= 4 is 5.97 Å². The lowest BCUT2D eigenvalue weighted by molar-refractivity contribution is -0.147. The summed E-state index contributed by atoms with van der Waals surface area (Å²) in [5, 5.41) is 0. The predicted octanol–water partition coefficient (Wildman–Crippen LogP) is 2.45. The van der Waals surface area contributed by atoms with Gasteiger partial charge in [0.15, 0.2) is 0 Å². The molecule has 0 radical (unpaired) electrons. The topological polar surface area (TPSA) is 26.3 Å². The number of allylic oxidation sites excluding steroid dienone is 1. The van der Waals surface area contributed by atoms with Gasteiger partial charge in [-0.2, -0.15) is 0 Å². The number of rotatable bonds is 2. The molecule has 0 bridgehead atoms. The van der Waals surface area contributed by atoms with Crippen LogP contribution in [0.2, 0.25) is 0 Å². The number of hydrogen-bond acceptors (Lipinski definition) is 2. The third-order valence-electron chi connectivity index (χ3n) is 1.29. The summed E-state index contributed by atoms with van der Waals surface area (Å²) in [4.78, 5) is 10.9. The minimum absolute atomic E-state index is 0.696. The molecular formula is C9H15FO2. The van der Waals surface area contributed by atoms with Crippen LogP contribution in [0, 0.1) is 5.41 Å². The molecule has 0 aromatic rings. The number of alkyl halides is 1. The molecule has 1 unspecified atom stereocenters. The van der Waals surface area contributed by atoms with E-state index in [4.69, 9.17) is 0 Å². The SMILES string of the molecule is CC=COC(=O)C(F)C(C)(C)C. The van der Waals surface area contributed by atoms with Crippen molar-refractivity contribution in [2.75, 3.05) is 0 Å². The molecule has 0 saturated carbocycles. The van der Waals surface area contributed by atoms with Crippen LogP contribution in [0.5, 0.6) is 0 Å².